The van der Waals surface area contributed by atoms with Crippen LogP contribution < -0.4 is 0 Å². The van der Waals surface area contributed by atoms with Crippen LogP contribution in [-0.2, 0) is 9.53 Å². The molecule has 0 radical (unpaired) electrons. The smallest absolute Gasteiger partial charge is 0.184 e. The highest BCUT2D eigenvalue weighted by Crippen LogP contribution is 2.13. The Kier molecular flexibility index (Phi) is 4.63. The van der Waals surface area contributed by atoms with Crippen LogP contribution in [0.1, 0.15) is 27.2 Å². The highest BCUT2D eigenvalue weighted by Gasteiger charge is 2.10. The first-order valence-corrected chi connectivity index (χ1v) is 3.65. The van der Waals surface area contributed by atoms with Crippen molar-refractivity contribution in [1.29, 1.82) is 0 Å². The third kappa shape index (κ3) is 2.67. The number of aldehydes is 1. The summed E-state index contributed by atoms with van der Waals surface area (Å²) in [5, 5.41) is 0. The molecule has 58 valence electrons. The third-order valence-electron chi connectivity index (χ3n) is 1.10. The number of allylic oxidation sites excluding steroid dienone is 1. The predicted octanol–water partition coefficient (Wildman–Crippen LogP) is 1.90. The molecule has 0 bridgehead atoms. The largest absolute Gasteiger partial charge is 0.487 e. The number of carbonyl (C=O) groups excluding carboxylic acids is 1. The molecule has 0 spiro atoms. The highest BCUT2D eigenvalue weighted by atomic mass is 16.5. The number of rotatable bonds is 1. The molecule has 0 aromatic rings. The molecule has 10 heavy (non-hydrogen) atoms. The second kappa shape index (κ2) is 5.03. The van der Waals surface area contributed by atoms with Crippen LogP contribution in [0.3, 0.4) is 0 Å². The van der Waals surface area contributed by atoms with Crippen LogP contribution in [0.15, 0.2) is 11.8 Å². The van der Waals surface area contributed by atoms with E-state index in [-0.39, 0.29) is 6.10 Å². The minimum Gasteiger partial charge on any atom is -0.487 e. The second-order valence-electron chi connectivity index (χ2n) is 1.89. The minimum atomic E-state index is 0.204. The van der Waals surface area contributed by atoms with Gasteiger partial charge in [0, 0.05) is 6.42 Å². The summed E-state index contributed by atoms with van der Waals surface area (Å²) in [5.41, 5.74) is 0. The standard InChI is InChI=1S/C6H8O2.C2H6/c1-5-2-3-6(4-7)8-5;1-2/h3-5H,2H2,1H3;1-2H3. The molecule has 0 saturated carbocycles. The summed E-state index contributed by atoms with van der Waals surface area (Å²) in [4.78, 5) is 9.96. The van der Waals surface area contributed by atoms with E-state index < -0.39 is 0 Å². The molecule has 0 amide bonds. The first kappa shape index (κ1) is 9.21. The summed E-state index contributed by atoms with van der Waals surface area (Å²) in [7, 11) is 0. The minimum absolute atomic E-state index is 0.204. The van der Waals surface area contributed by atoms with Crippen LogP contribution >= 0.6 is 0 Å². The summed E-state index contributed by atoms with van der Waals surface area (Å²) >= 11 is 0. The Morgan fingerprint density at radius 1 is 1.70 bits per heavy atom. The Bertz CT molecular complexity index is 127. The first-order chi connectivity index (χ1) is 4.83. The fourth-order valence-corrected chi connectivity index (χ4v) is 0.687. The molecule has 0 saturated heterocycles. The van der Waals surface area contributed by atoms with E-state index in [0.717, 1.165) is 12.7 Å². The van der Waals surface area contributed by atoms with Crippen molar-refractivity contribution < 1.29 is 9.53 Å². The molecule has 1 heterocycles. The van der Waals surface area contributed by atoms with Crippen molar-refractivity contribution in [2.24, 2.45) is 0 Å². The molecule has 1 unspecified atom stereocenters. The summed E-state index contributed by atoms with van der Waals surface area (Å²) in [6, 6.07) is 0. The number of ether oxygens (including phenoxy) is 1. The van der Waals surface area contributed by atoms with E-state index in [2.05, 4.69) is 0 Å². The number of carbonyl (C=O) groups is 1. The maximum absolute atomic E-state index is 9.96. The van der Waals surface area contributed by atoms with Gasteiger partial charge in [0.1, 0.15) is 0 Å². The van der Waals surface area contributed by atoms with Gasteiger partial charge in [-0.25, -0.2) is 0 Å². The predicted molar refractivity (Wildman–Crippen MR) is 40.7 cm³/mol. The van der Waals surface area contributed by atoms with E-state index in [1.54, 1.807) is 6.08 Å². The van der Waals surface area contributed by atoms with Crippen LogP contribution in [0.4, 0.5) is 0 Å². The summed E-state index contributed by atoms with van der Waals surface area (Å²) in [6.07, 6.45) is 3.62. The molecule has 2 heteroatoms. The van der Waals surface area contributed by atoms with Crippen molar-refractivity contribution in [2.75, 3.05) is 0 Å². The van der Waals surface area contributed by atoms with Crippen LogP contribution in [-0.4, -0.2) is 12.4 Å². The van der Waals surface area contributed by atoms with Crippen LogP contribution in [0.5, 0.6) is 0 Å². The summed E-state index contributed by atoms with van der Waals surface area (Å²) in [5.74, 6) is 0.484. The van der Waals surface area contributed by atoms with Crippen LogP contribution in [0.25, 0.3) is 0 Å². The maximum atomic E-state index is 9.96. The van der Waals surface area contributed by atoms with Crippen molar-refractivity contribution in [1.82, 2.24) is 0 Å². The number of hydrogen-bond donors (Lipinski definition) is 0. The molecule has 0 aromatic heterocycles. The summed E-state index contributed by atoms with van der Waals surface area (Å²) < 4.78 is 5.00. The molecule has 1 aliphatic heterocycles. The first-order valence-electron chi connectivity index (χ1n) is 3.65. The zero-order valence-corrected chi connectivity index (χ0v) is 6.76. The van der Waals surface area contributed by atoms with Gasteiger partial charge in [-0.15, -0.1) is 0 Å². The van der Waals surface area contributed by atoms with Gasteiger partial charge in [-0.2, -0.15) is 0 Å². The van der Waals surface area contributed by atoms with E-state index >= 15 is 0 Å². The molecular formula is C8H14O2. The molecule has 0 fully saturated rings. The van der Waals surface area contributed by atoms with Crippen LogP contribution in [0, 0.1) is 0 Å². The van der Waals surface area contributed by atoms with E-state index in [1.165, 1.54) is 0 Å². The van der Waals surface area contributed by atoms with Crippen molar-refractivity contribution in [3.8, 4) is 0 Å². The molecule has 0 N–H and O–H groups in total. The molecule has 1 atom stereocenters. The SMILES string of the molecule is CC.CC1CC=C(C=O)O1. The lowest BCUT2D eigenvalue weighted by atomic mass is 10.3. The van der Waals surface area contributed by atoms with Gasteiger partial charge in [0.25, 0.3) is 0 Å². The lowest BCUT2D eigenvalue weighted by Gasteiger charge is -2.01. The molecular weight excluding hydrogens is 128 g/mol. The van der Waals surface area contributed by atoms with Gasteiger partial charge >= 0.3 is 0 Å². The van der Waals surface area contributed by atoms with Gasteiger partial charge in [-0.05, 0) is 13.0 Å². The molecule has 1 aliphatic rings. The van der Waals surface area contributed by atoms with Crippen molar-refractivity contribution >= 4 is 6.29 Å². The average molecular weight is 142 g/mol. The average Bonchev–Trinajstić information content (AvgIpc) is 2.40. The van der Waals surface area contributed by atoms with Crippen molar-refractivity contribution in [3.63, 3.8) is 0 Å². The van der Waals surface area contributed by atoms with E-state index in [1.807, 2.05) is 20.8 Å². The van der Waals surface area contributed by atoms with Gasteiger partial charge in [-0.3, -0.25) is 4.79 Å². The Balaban J connectivity index is 0.000000371. The molecule has 2 nitrogen and oxygen atoms in total. The Morgan fingerprint density at radius 3 is 2.50 bits per heavy atom. The monoisotopic (exact) mass is 142 g/mol. The zero-order chi connectivity index (χ0) is 7.98. The zero-order valence-electron chi connectivity index (χ0n) is 6.76. The van der Waals surface area contributed by atoms with E-state index in [9.17, 15) is 4.79 Å². The second-order valence-corrected chi connectivity index (χ2v) is 1.89. The van der Waals surface area contributed by atoms with Crippen molar-refractivity contribution in [2.45, 2.75) is 33.3 Å². The lowest BCUT2D eigenvalue weighted by molar-refractivity contribution is -0.108. The van der Waals surface area contributed by atoms with Crippen molar-refractivity contribution in [3.05, 3.63) is 11.8 Å². The molecule has 1 rings (SSSR count). The highest BCUT2D eigenvalue weighted by molar-refractivity contribution is 5.70. The van der Waals surface area contributed by atoms with Gasteiger partial charge in [0.05, 0.1) is 6.10 Å². The Labute approximate surface area is 61.9 Å². The van der Waals surface area contributed by atoms with Gasteiger partial charge < -0.3 is 4.74 Å². The van der Waals surface area contributed by atoms with Crippen LogP contribution in [0.2, 0.25) is 0 Å². The number of hydrogen-bond acceptors (Lipinski definition) is 2. The summed E-state index contributed by atoms with van der Waals surface area (Å²) in [6.45, 7) is 5.94. The quantitative estimate of drug-likeness (QED) is 0.523. The Morgan fingerprint density at radius 2 is 2.30 bits per heavy atom. The van der Waals surface area contributed by atoms with Gasteiger partial charge in [-0.1, -0.05) is 13.8 Å². The fourth-order valence-electron chi connectivity index (χ4n) is 0.687. The third-order valence-corrected chi connectivity index (χ3v) is 1.10. The normalized spacial score (nSPS) is 21.9. The van der Waals surface area contributed by atoms with E-state index in [4.69, 9.17) is 4.74 Å². The maximum Gasteiger partial charge on any atom is 0.184 e. The lowest BCUT2D eigenvalue weighted by Crippen LogP contribution is -1.98. The molecule has 0 aromatic carbocycles. The topological polar surface area (TPSA) is 26.3 Å². The van der Waals surface area contributed by atoms with Gasteiger partial charge in [0.15, 0.2) is 12.0 Å². The fraction of sp³-hybridized carbons (Fsp3) is 0.625. The Hall–Kier alpha value is -0.790. The molecule has 0 aliphatic carbocycles. The van der Waals surface area contributed by atoms with Gasteiger partial charge in [0.2, 0.25) is 0 Å². The van der Waals surface area contributed by atoms with E-state index in [0.29, 0.717) is 5.76 Å².